The molecule has 1 aromatic carbocycles. The van der Waals surface area contributed by atoms with E-state index in [9.17, 15) is 9.59 Å². The van der Waals surface area contributed by atoms with Crippen molar-refractivity contribution in [2.45, 2.75) is 19.1 Å². The van der Waals surface area contributed by atoms with Crippen molar-refractivity contribution < 1.29 is 14.1 Å². The zero-order valence-electron chi connectivity index (χ0n) is 12.9. The lowest BCUT2D eigenvalue weighted by Gasteiger charge is -2.11. The van der Waals surface area contributed by atoms with Gasteiger partial charge < -0.3 is 15.2 Å². The molecule has 0 saturated heterocycles. The van der Waals surface area contributed by atoms with Gasteiger partial charge in [-0.05, 0) is 32.0 Å². The van der Waals surface area contributed by atoms with Crippen molar-refractivity contribution >= 4 is 58.3 Å². The lowest BCUT2D eigenvalue weighted by Crippen LogP contribution is -2.25. The number of benzene rings is 1. The Kier molecular flexibility index (Phi) is 6.53. The van der Waals surface area contributed by atoms with Crippen LogP contribution in [-0.2, 0) is 9.59 Å². The van der Waals surface area contributed by atoms with Crippen LogP contribution in [-0.4, -0.2) is 28.0 Å². The highest BCUT2D eigenvalue weighted by atomic mass is 35.5. The summed E-state index contributed by atoms with van der Waals surface area (Å²) >= 11 is 12.9. The normalized spacial score (nSPS) is 11.8. The predicted octanol–water partition coefficient (Wildman–Crippen LogP) is 3.99. The molecule has 9 heteroatoms. The molecule has 2 aromatic rings. The fourth-order valence-corrected chi connectivity index (χ4v) is 2.68. The summed E-state index contributed by atoms with van der Waals surface area (Å²) in [4.78, 5) is 23.9. The van der Waals surface area contributed by atoms with Gasteiger partial charge in [0.2, 0.25) is 11.8 Å². The van der Waals surface area contributed by atoms with E-state index in [-0.39, 0.29) is 17.6 Å². The highest BCUT2D eigenvalue weighted by Gasteiger charge is 2.17. The van der Waals surface area contributed by atoms with E-state index in [0.717, 1.165) is 0 Å². The molecule has 0 radical (unpaired) electrons. The Labute approximate surface area is 153 Å². The number of amides is 2. The Morgan fingerprint density at radius 1 is 1.25 bits per heavy atom. The van der Waals surface area contributed by atoms with Gasteiger partial charge in [-0.3, -0.25) is 9.59 Å². The summed E-state index contributed by atoms with van der Waals surface area (Å²) < 4.78 is 4.87. The van der Waals surface area contributed by atoms with Gasteiger partial charge in [0.05, 0.1) is 21.0 Å². The maximum absolute atomic E-state index is 12.0. The van der Waals surface area contributed by atoms with Crippen molar-refractivity contribution in [1.82, 2.24) is 5.16 Å². The van der Waals surface area contributed by atoms with Crippen molar-refractivity contribution in [3.05, 3.63) is 40.1 Å². The van der Waals surface area contributed by atoms with E-state index >= 15 is 0 Å². The fraction of sp³-hybridized carbons (Fsp3) is 0.267. The summed E-state index contributed by atoms with van der Waals surface area (Å²) in [5.74, 6) is 0.579. The second-order valence-corrected chi connectivity index (χ2v) is 7.09. The molecule has 0 bridgehead atoms. The van der Waals surface area contributed by atoms with E-state index in [2.05, 4.69) is 15.8 Å². The van der Waals surface area contributed by atoms with Crippen LogP contribution in [0.4, 0.5) is 11.5 Å². The molecule has 2 N–H and O–H groups in total. The Morgan fingerprint density at radius 3 is 2.62 bits per heavy atom. The lowest BCUT2D eigenvalue weighted by molar-refractivity contribution is -0.115. The quantitative estimate of drug-likeness (QED) is 0.782. The number of thioether (sulfide) groups is 1. The second-order valence-electron chi connectivity index (χ2n) is 4.94. The molecule has 1 aromatic heterocycles. The number of aromatic nitrogens is 1. The highest BCUT2D eigenvalue weighted by molar-refractivity contribution is 8.01. The van der Waals surface area contributed by atoms with Crippen LogP contribution >= 0.6 is 35.0 Å². The average molecular weight is 388 g/mol. The van der Waals surface area contributed by atoms with Gasteiger partial charge in [-0.15, -0.1) is 11.8 Å². The molecule has 2 rings (SSSR count). The van der Waals surface area contributed by atoms with Crippen LogP contribution in [0.2, 0.25) is 10.0 Å². The monoisotopic (exact) mass is 387 g/mol. The van der Waals surface area contributed by atoms with Crippen molar-refractivity contribution in [2.75, 3.05) is 16.4 Å². The van der Waals surface area contributed by atoms with E-state index in [0.29, 0.717) is 27.3 Å². The SMILES string of the molecule is Cc1cc(NC(=O)[C@H](C)SCC(=O)Nc2ccc(Cl)c(Cl)c2)no1. The maximum atomic E-state index is 12.0. The summed E-state index contributed by atoms with van der Waals surface area (Å²) in [6.07, 6.45) is 0. The van der Waals surface area contributed by atoms with Gasteiger partial charge in [-0.25, -0.2) is 0 Å². The van der Waals surface area contributed by atoms with Crippen LogP contribution in [0, 0.1) is 6.92 Å². The zero-order valence-corrected chi connectivity index (χ0v) is 15.3. The minimum absolute atomic E-state index is 0.118. The number of nitrogens with one attached hydrogen (secondary N) is 2. The van der Waals surface area contributed by atoms with Gasteiger partial charge >= 0.3 is 0 Å². The van der Waals surface area contributed by atoms with E-state index in [4.69, 9.17) is 27.7 Å². The standard InChI is InChI=1S/C15H15Cl2N3O3S/c1-8-5-13(20-23-8)19-15(22)9(2)24-7-14(21)18-10-3-4-11(16)12(17)6-10/h3-6,9H,7H2,1-2H3,(H,18,21)(H,19,20,22)/t9-/m0/s1. The topological polar surface area (TPSA) is 84.2 Å². The van der Waals surface area contributed by atoms with Gasteiger partial charge in [-0.2, -0.15) is 0 Å². The van der Waals surface area contributed by atoms with Gasteiger partial charge in [0.25, 0.3) is 0 Å². The minimum Gasteiger partial charge on any atom is -0.360 e. The number of hydrogen-bond donors (Lipinski definition) is 2. The second kappa shape index (κ2) is 8.41. The van der Waals surface area contributed by atoms with Gasteiger partial charge in [-0.1, -0.05) is 28.4 Å². The number of halogens is 2. The molecule has 1 heterocycles. The lowest BCUT2D eigenvalue weighted by atomic mass is 10.3. The van der Waals surface area contributed by atoms with Crippen LogP contribution in [0.5, 0.6) is 0 Å². The Balaban J connectivity index is 1.79. The number of aryl methyl sites for hydroxylation is 1. The molecule has 0 saturated carbocycles. The zero-order chi connectivity index (χ0) is 17.7. The summed E-state index contributed by atoms with van der Waals surface area (Å²) in [6, 6.07) is 6.43. The largest absolute Gasteiger partial charge is 0.360 e. The number of carbonyl (C=O) groups excluding carboxylic acids is 2. The van der Waals surface area contributed by atoms with Crippen LogP contribution in [0.1, 0.15) is 12.7 Å². The third-order valence-corrected chi connectivity index (χ3v) is 4.80. The molecule has 0 aliphatic heterocycles. The molecule has 0 aliphatic rings. The first-order valence-electron chi connectivity index (χ1n) is 6.96. The van der Waals surface area contributed by atoms with Gasteiger partial charge in [0.15, 0.2) is 5.82 Å². The summed E-state index contributed by atoms with van der Waals surface area (Å²) in [7, 11) is 0. The third kappa shape index (κ3) is 5.43. The van der Waals surface area contributed by atoms with Crippen LogP contribution in [0.3, 0.4) is 0 Å². The maximum Gasteiger partial charge on any atom is 0.238 e. The summed E-state index contributed by atoms with van der Waals surface area (Å²) in [5.41, 5.74) is 0.546. The van der Waals surface area contributed by atoms with Crippen molar-refractivity contribution in [2.24, 2.45) is 0 Å². The molecule has 0 fully saturated rings. The van der Waals surface area contributed by atoms with Crippen molar-refractivity contribution in [3.8, 4) is 0 Å². The molecule has 0 aliphatic carbocycles. The van der Waals surface area contributed by atoms with Crippen molar-refractivity contribution in [1.29, 1.82) is 0 Å². The molecular formula is C15H15Cl2N3O3S. The predicted molar refractivity (Wildman–Crippen MR) is 96.9 cm³/mol. The van der Waals surface area contributed by atoms with E-state index in [1.54, 1.807) is 38.1 Å². The number of rotatable bonds is 6. The molecule has 6 nitrogen and oxygen atoms in total. The molecule has 0 unspecified atom stereocenters. The van der Waals surface area contributed by atoms with E-state index in [1.165, 1.54) is 11.8 Å². The Hall–Kier alpha value is -1.70. The highest BCUT2D eigenvalue weighted by Crippen LogP contribution is 2.25. The number of carbonyl (C=O) groups is 2. The number of hydrogen-bond acceptors (Lipinski definition) is 5. The molecule has 2 amide bonds. The van der Waals surface area contributed by atoms with Crippen LogP contribution in [0.25, 0.3) is 0 Å². The Morgan fingerprint density at radius 2 is 2.00 bits per heavy atom. The fourth-order valence-electron chi connectivity index (χ4n) is 1.70. The molecule has 0 spiro atoms. The average Bonchev–Trinajstić information content (AvgIpc) is 2.93. The minimum atomic E-state index is -0.429. The van der Waals surface area contributed by atoms with Crippen LogP contribution < -0.4 is 10.6 Å². The van der Waals surface area contributed by atoms with Gasteiger partial charge in [0.1, 0.15) is 5.76 Å². The molecule has 128 valence electrons. The Bertz CT molecular complexity index is 751. The smallest absolute Gasteiger partial charge is 0.238 e. The number of anilines is 2. The number of nitrogens with zero attached hydrogens (tertiary/aromatic N) is 1. The molecule has 1 atom stereocenters. The third-order valence-electron chi connectivity index (χ3n) is 2.92. The molecule has 24 heavy (non-hydrogen) atoms. The first-order valence-corrected chi connectivity index (χ1v) is 8.76. The van der Waals surface area contributed by atoms with E-state index in [1.807, 2.05) is 0 Å². The first-order chi connectivity index (χ1) is 11.3. The van der Waals surface area contributed by atoms with Gasteiger partial charge in [0, 0.05) is 11.8 Å². The van der Waals surface area contributed by atoms with Crippen molar-refractivity contribution in [3.63, 3.8) is 0 Å². The summed E-state index contributed by atoms with van der Waals surface area (Å²) in [5, 5.41) is 9.35. The first kappa shape index (κ1) is 18.6. The van der Waals surface area contributed by atoms with Crippen LogP contribution in [0.15, 0.2) is 28.8 Å². The molecular weight excluding hydrogens is 373 g/mol. The summed E-state index contributed by atoms with van der Waals surface area (Å²) in [6.45, 7) is 3.44. The van der Waals surface area contributed by atoms with E-state index < -0.39 is 5.25 Å².